The molecule has 0 radical (unpaired) electrons. The highest BCUT2D eigenvalue weighted by Crippen LogP contribution is 2.28. The second-order valence-corrected chi connectivity index (χ2v) is 8.26. The summed E-state index contributed by atoms with van der Waals surface area (Å²) >= 11 is 10.4. The number of rotatable bonds is 6. The molecule has 2 heterocycles. The van der Waals surface area contributed by atoms with Gasteiger partial charge in [-0.1, -0.05) is 52.9 Å². The van der Waals surface area contributed by atoms with Crippen LogP contribution in [-0.4, -0.2) is 16.1 Å². The molecule has 0 aliphatic rings. The van der Waals surface area contributed by atoms with E-state index < -0.39 is 0 Å². The number of thioether (sulfide) groups is 1. The monoisotopic (exact) mass is 381 g/mol. The van der Waals surface area contributed by atoms with E-state index in [9.17, 15) is 4.79 Å². The van der Waals surface area contributed by atoms with Crippen molar-refractivity contribution in [3.63, 3.8) is 0 Å². The summed E-state index contributed by atoms with van der Waals surface area (Å²) < 4.78 is 0.825. The molecular formula is C15H12ClN3OS3. The minimum Gasteiger partial charge on any atom is -0.300 e. The maximum Gasteiger partial charge on any atom is 0.231 e. The van der Waals surface area contributed by atoms with Crippen LogP contribution in [0.4, 0.5) is 5.13 Å². The molecule has 8 heteroatoms. The van der Waals surface area contributed by atoms with Crippen LogP contribution in [0.2, 0.25) is 5.02 Å². The third-order valence-electron chi connectivity index (χ3n) is 2.84. The van der Waals surface area contributed by atoms with E-state index in [1.54, 1.807) is 23.1 Å². The van der Waals surface area contributed by atoms with Crippen LogP contribution in [0.1, 0.15) is 10.4 Å². The highest BCUT2D eigenvalue weighted by atomic mass is 35.5. The number of anilines is 1. The lowest BCUT2D eigenvalue weighted by Crippen LogP contribution is -2.13. The van der Waals surface area contributed by atoms with Gasteiger partial charge in [0, 0.05) is 15.7 Å². The predicted molar refractivity (Wildman–Crippen MR) is 97.6 cm³/mol. The molecule has 3 aromatic rings. The highest BCUT2D eigenvalue weighted by molar-refractivity contribution is 8.00. The molecule has 23 heavy (non-hydrogen) atoms. The van der Waals surface area contributed by atoms with Crippen molar-refractivity contribution < 1.29 is 4.79 Å². The third kappa shape index (κ3) is 5.04. The molecule has 118 valence electrons. The van der Waals surface area contributed by atoms with Gasteiger partial charge in [0.05, 0.1) is 6.42 Å². The van der Waals surface area contributed by atoms with E-state index >= 15 is 0 Å². The van der Waals surface area contributed by atoms with Crippen molar-refractivity contribution in [3.8, 4) is 0 Å². The molecule has 0 aliphatic heterocycles. The van der Waals surface area contributed by atoms with E-state index in [4.69, 9.17) is 11.6 Å². The summed E-state index contributed by atoms with van der Waals surface area (Å²) in [5.74, 6) is 0.715. The van der Waals surface area contributed by atoms with E-state index in [1.807, 2.05) is 41.8 Å². The quantitative estimate of drug-likeness (QED) is 0.495. The highest BCUT2D eigenvalue weighted by Gasteiger charge is 2.10. The number of carbonyl (C=O) groups is 1. The number of nitrogens with zero attached hydrogens (tertiary/aromatic N) is 2. The SMILES string of the molecule is O=C(Cc1cccs1)Nc1nnc(SCc2ccc(Cl)cc2)s1. The van der Waals surface area contributed by atoms with Gasteiger partial charge in [-0.15, -0.1) is 21.5 Å². The summed E-state index contributed by atoms with van der Waals surface area (Å²) in [5, 5.41) is 14.1. The Balaban J connectivity index is 1.51. The molecule has 0 saturated carbocycles. The number of carbonyl (C=O) groups excluding carboxylic acids is 1. The molecule has 0 unspecified atom stereocenters. The number of thiophene rings is 1. The summed E-state index contributed by atoms with van der Waals surface area (Å²) in [7, 11) is 0. The summed E-state index contributed by atoms with van der Waals surface area (Å²) in [6, 6.07) is 11.6. The molecule has 0 spiro atoms. The van der Waals surface area contributed by atoms with Gasteiger partial charge in [0.2, 0.25) is 11.0 Å². The molecular weight excluding hydrogens is 370 g/mol. The van der Waals surface area contributed by atoms with Gasteiger partial charge in [-0.2, -0.15) is 0 Å². The van der Waals surface area contributed by atoms with Crippen LogP contribution in [0, 0.1) is 0 Å². The number of halogens is 1. The molecule has 3 rings (SSSR count). The van der Waals surface area contributed by atoms with Crippen LogP contribution < -0.4 is 5.32 Å². The maximum absolute atomic E-state index is 11.9. The Morgan fingerprint density at radius 2 is 2.04 bits per heavy atom. The topological polar surface area (TPSA) is 54.9 Å². The lowest BCUT2D eigenvalue weighted by molar-refractivity contribution is -0.115. The van der Waals surface area contributed by atoms with Gasteiger partial charge in [0.1, 0.15) is 0 Å². The second-order valence-electron chi connectivity index (χ2n) is 4.59. The summed E-state index contributed by atoms with van der Waals surface area (Å²) in [6.07, 6.45) is 0.366. The Kier molecular flexibility index (Phi) is 5.66. The van der Waals surface area contributed by atoms with E-state index in [2.05, 4.69) is 15.5 Å². The number of nitrogens with one attached hydrogen (secondary N) is 1. The van der Waals surface area contributed by atoms with Crippen molar-refractivity contribution in [2.75, 3.05) is 5.32 Å². The third-order valence-corrected chi connectivity index (χ3v) is 6.01. The fourth-order valence-corrected chi connectivity index (χ4v) is 4.33. The average molecular weight is 382 g/mol. The Labute approximate surface area is 150 Å². The molecule has 0 atom stereocenters. The Morgan fingerprint density at radius 1 is 1.22 bits per heavy atom. The van der Waals surface area contributed by atoms with Crippen LogP contribution in [0.5, 0.6) is 0 Å². The van der Waals surface area contributed by atoms with Gasteiger partial charge >= 0.3 is 0 Å². The van der Waals surface area contributed by atoms with Crippen molar-refractivity contribution in [1.82, 2.24) is 10.2 Å². The van der Waals surface area contributed by atoms with Crippen LogP contribution in [-0.2, 0) is 17.0 Å². The lowest BCUT2D eigenvalue weighted by atomic mass is 10.2. The van der Waals surface area contributed by atoms with Gasteiger partial charge < -0.3 is 5.32 Å². The molecule has 2 aromatic heterocycles. The van der Waals surface area contributed by atoms with E-state index in [1.165, 1.54) is 11.3 Å². The second kappa shape index (κ2) is 7.92. The zero-order valence-electron chi connectivity index (χ0n) is 11.9. The van der Waals surface area contributed by atoms with Gasteiger partial charge in [-0.25, -0.2) is 0 Å². The number of benzene rings is 1. The Hall–Kier alpha value is -1.41. The lowest BCUT2D eigenvalue weighted by Gasteiger charge is -1.99. The number of hydrogen-bond acceptors (Lipinski definition) is 6. The molecule has 4 nitrogen and oxygen atoms in total. The van der Waals surface area contributed by atoms with Crippen LogP contribution in [0.15, 0.2) is 46.1 Å². The molecule has 0 saturated heterocycles. The zero-order chi connectivity index (χ0) is 16.1. The number of amides is 1. The van der Waals surface area contributed by atoms with Crippen LogP contribution in [0.25, 0.3) is 0 Å². The van der Waals surface area contributed by atoms with E-state index in [0.717, 1.165) is 25.6 Å². The van der Waals surface area contributed by atoms with Crippen molar-refractivity contribution in [1.29, 1.82) is 0 Å². The van der Waals surface area contributed by atoms with Gasteiger partial charge in [-0.3, -0.25) is 4.79 Å². The van der Waals surface area contributed by atoms with Crippen LogP contribution >= 0.6 is 46.0 Å². The first-order valence-corrected chi connectivity index (χ1v) is 9.78. The first kappa shape index (κ1) is 16.4. The first-order chi connectivity index (χ1) is 11.2. The van der Waals surface area contributed by atoms with Gasteiger partial charge in [0.15, 0.2) is 4.34 Å². The zero-order valence-corrected chi connectivity index (χ0v) is 15.1. The Bertz CT molecular complexity index is 772. The minimum atomic E-state index is -0.0714. The standard InChI is InChI=1S/C15H12ClN3OS3/c16-11-5-3-10(4-6-11)9-22-15-19-18-14(23-15)17-13(20)8-12-2-1-7-21-12/h1-7H,8-9H2,(H,17,18,20). The summed E-state index contributed by atoms with van der Waals surface area (Å²) in [6.45, 7) is 0. The van der Waals surface area contributed by atoms with Crippen molar-refractivity contribution in [3.05, 3.63) is 57.2 Å². The van der Waals surface area contributed by atoms with Crippen molar-refractivity contribution in [2.24, 2.45) is 0 Å². The smallest absolute Gasteiger partial charge is 0.231 e. The molecule has 0 fully saturated rings. The number of hydrogen-bond donors (Lipinski definition) is 1. The summed E-state index contributed by atoms with van der Waals surface area (Å²) in [4.78, 5) is 12.9. The average Bonchev–Trinajstić information content (AvgIpc) is 3.19. The predicted octanol–water partition coefficient (Wildman–Crippen LogP) is 4.73. The first-order valence-electron chi connectivity index (χ1n) is 6.72. The fraction of sp³-hybridized carbons (Fsp3) is 0.133. The molecule has 0 aliphatic carbocycles. The van der Waals surface area contributed by atoms with E-state index in [-0.39, 0.29) is 5.91 Å². The van der Waals surface area contributed by atoms with E-state index in [0.29, 0.717) is 11.6 Å². The molecule has 1 amide bonds. The molecule has 1 N–H and O–H groups in total. The van der Waals surface area contributed by atoms with Crippen LogP contribution in [0.3, 0.4) is 0 Å². The fourth-order valence-electron chi connectivity index (χ4n) is 1.78. The largest absolute Gasteiger partial charge is 0.300 e. The Morgan fingerprint density at radius 3 is 2.78 bits per heavy atom. The summed E-state index contributed by atoms with van der Waals surface area (Å²) in [5.41, 5.74) is 1.16. The van der Waals surface area contributed by atoms with Crippen molar-refractivity contribution in [2.45, 2.75) is 16.5 Å². The normalized spacial score (nSPS) is 10.7. The van der Waals surface area contributed by atoms with Crippen molar-refractivity contribution >= 4 is 57.1 Å². The minimum absolute atomic E-state index is 0.0714. The maximum atomic E-state index is 11.9. The molecule has 1 aromatic carbocycles. The van der Waals surface area contributed by atoms with Gasteiger partial charge in [-0.05, 0) is 29.1 Å². The molecule has 0 bridgehead atoms. The number of aromatic nitrogens is 2. The van der Waals surface area contributed by atoms with Gasteiger partial charge in [0.25, 0.3) is 0 Å².